The van der Waals surface area contributed by atoms with Gasteiger partial charge in [0.25, 0.3) is 0 Å². The number of carbonyl (C=O) groups is 1. The van der Waals surface area contributed by atoms with Crippen LogP contribution in [0.3, 0.4) is 0 Å². The quantitative estimate of drug-likeness (QED) is 0.654. The van der Waals surface area contributed by atoms with Crippen molar-refractivity contribution in [3.05, 3.63) is 17.7 Å². The van der Waals surface area contributed by atoms with Crippen molar-refractivity contribution in [3.8, 4) is 5.75 Å². The molecule has 1 aromatic carbocycles. The van der Waals surface area contributed by atoms with Crippen LogP contribution < -0.4 is 15.8 Å². The van der Waals surface area contributed by atoms with Crippen molar-refractivity contribution in [2.45, 2.75) is 6.92 Å². The molecule has 5 heteroatoms. The second-order valence-electron chi connectivity index (χ2n) is 2.98. The monoisotopic (exact) mass is 210 g/mol. The molecule has 0 bridgehead atoms. The van der Waals surface area contributed by atoms with Crippen LogP contribution in [0.15, 0.2) is 12.1 Å². The van der Waals surface area contributed by atoms with Gasteiger partial charge in [0.15, 0.2) is 0 Å². The Balaban J connectivity index is 3.24. The first-order valence-corrected chi connectivity index (χ1v) is 4.54. The third-order valence-electron chi connectivity index (χ3n) is 1.95. The minimum Gasteiger partial charge on any atom is -0.494 e. The minimum atomic E-state index is -1.02. The summed E-state index contributed by atoms with van der Waals surface area (Å²) in [5.74, 6) is -0.586. The Morgan fingerprint density at radius 1 is 1.60 bits per heavy atom. The molecule has 0 amide bonds. The topological polar surface area (TPSA) is 84.6 Å². The van der Waals surface area contributed by atoms with Gasteiger partial charge >= 0.3 is 5.97 Å². The summed E-state index contributed by atoms with van der Waals surface area (Å²) in [6, 6.07) is 2.85. The summed E-state index contributed by atoms with van der Waals surface area (Å²) in [5.41, 5.74) is 6.83. The number of nitrogens with one attached hydrogen (secondary N) is 1. The molecule has 15 heavy (non-hydrogen) atoms. The molecule has 0 aliphatic heterocycles. The van der Waals surface area contributed by atoms with Gasteiger partial charge in [0.1, 0.15) is 11.4 Å². The normalized spacial score (nSPS) is 9.73. The lowest BCUT2D eigenvalue weighted by Crippen LogP contribution is -2.06. The standard InChI is InChI=1S/C10H14N2O3/c1-3-12-9-7(11)4-6(10(13)14)5-8(9)15-2/h4-5,12H,3,11H2,1-2H3,(H,13,14). The maximum Gasteiger partial charge on any atom is 0.335 e. The van der Waals surface area contributed by atoms with Gasteiger partial charge in [-0.15, -0.1) is 0 Å². The molecular formula is C10H14N2O3. The number of benzene rings is 1. The molecule has 82 valence electrons. The molecule has 0 aliphatic rings. The highest BCUT2D eigenvalue weighted by Gasteiger charge is 2.12. The highest BCUT2D eigenvalue weighted by Crippen LogP contribution is 2.32. The van der Waals surface area contributed by atoms with Crippen LogP contribution in [0.2, 0.25) is 0 Å². The highest BCUT2D eigenvalue weighted by molar-refractivity contribution is 5.92. The number of hydrogen-bond acceptors (Lipinski definition) is 4. The average molecular weight is 210 g/mol. The molecule has 5 nitrogen and oxygen atoms in total. The lowest BCUT2D eigenvalue weighted by molar-refractivity contribution is 0.0696. The summed E-state index contributed by atoms with van der Waals surface area (Å²) in [6.07, 6.45) is 0. The number of methoxy groups -OCH3 is 1. The fourth-order valence-corrected chi connectivity index (χ4v) is 1.29. The largest absolute Gasteiger partial charge is 0.494 e. The van der Waals surface area contributed by atoms with Crippen molar-refractivity contribution >= 4 is 17.3 Å². The molecule has 0 aromatic heterocycles. The first-order chi connectivity index (χ1) is 7.10. The first kappa shape index (κ1) is 11.2. The number of rotatable bonds is 4. The van der Waals surface area contributed by atoms with E-state index < -0.39 is 5.97 Å². The predicted octanol–water partition coefficient (Wildman–Crippen LogP) is 1.41. The van der Waals surface area contributed by atoms with Crippen LogP contribution in [-0.4, -0.2) is 24.7 Å². The van der Waals surface area contributed by atoms with Gasteiger partial charge in [-0.1, -0.05) is 0 Å². The Morgan fingerprint density at radius 2 is 2.27 bits per heavy atom. The van der Waals surface area contributed by atoms with Gasteiger partial charge in [-0.05, 0) is 19.1 Å². The van der Waals surface area contributed by atoms with Crippen LogP contribution in [0.1, 0.15) is 17.3 Å². The number of ether oxygens (including phenoxy) is 1. The van der Waals surface area contributed by atoms with Gasteiger partial charge < -0.3 is 20.9 Å². The molecule has 4 N–H and O–H groups in total. The van der Waals surface area contributed by atoms with Crippen LogP contribution in [0, 0.1) is 0 Å². The predicted molar refractivity (Wildman–Crippen MR) is 58.5 cm³/mol. The van der Waals surface area contributed by atoms with Crippen molar-refractivity contribution in [2.24, 2.45) is 0 Å². The lowest BCUT2D eigenvalue weighted by Gasteiger charge is -2.13. The fourth-order valence-electron chi connectivity index (χ4n) is 1.29. The molecule has 0 aliphatic carbocycles. The van der Waals surface area contributed by atoms with Crippen molar-refractivity contribution < 1.29 is 14.6 Å². The van der Waals surface area contributed by atoms with E-state index in [9.17, 15) is 4.79 Å². The van der Waals surface area contributed by atoms with Crippen molar-refractivity contribution in [2.75, 3.05) is 24.7 Å². The Bertz CT molecular complexity index is 377. The number of aromatic carboxylic acids is 1. The Hall–Kier alpha value is -1.91. The maximum atomic E-state index is 10.8. The second kappa shape index (κ2) is 4.54. The maximum absolute atomic E-state index is 10.8. The second-order valence-corrected chi connectivity index (χ2v) is 2.98. The van der Waals surface area contributed by atoms with E-state index in [1.54, 1.807) is 0 Å². The number of nitrogen functional groups attached to an aromatic ring is 1. The molecule has 0 radical (unpaired) electrons. The third kappa shape index (κ3) is 2.31. The van der Waals surface area contributed by atoms with E-state index >= 15 is 0 Å². The number of carboxylic acids is 1. The molecule has 0 unspecified atom stereocenters. The molecule has 0 fully saturated rings. The molecule has 0 heterocycles. The minimum absolute atomic E-state index is 0.117. The van der Waals surface area contributed by atoms with Gasteiger partial charge in [0.2, 0.25) is 0 Å². The van der Waals surface area contributed by atoms with Crippen molar-refractivity contribution in [3.63, 3.8) is 0 Å². The number of hydrogen-bond donors (Lipinski definition) is 3. The Morgan fingerprint density at radius 3 is 2.73 bits per heavy atom. The summed E-state index contributed by atoms with van der Waals surface area (Å²) in [7, 11) is 1.47. The zero-order valence-corrected chi connectivity index (χ0v) is 8.70. The summed E-state index contributed by atoms with van der Waals surface area (Å²) in [5, 5.41) is 11.8. The number of anilines is 2. The van der Waals surface area contributed by atoms with Crippen LogP contribution in [0.4, 0.5) is 11.4 Å². The van der Waals surface area contributed by atoms with Crippen LogP contribution >= 0.6 is 0 Å². The summed E-state index contributed by atoms with van der Waals surface area (Å²) < 4.78 is 5.06. The lowest BCUT2D eigenvalue weighted by atomic mass is 10.1. The van der Waals surface area contributed by atoms with E-state index in [0.29, 0.717) is 23.7 Å². The van der Waals surface area contributed by atoms with E-state index in [1.807, 2.05) is 6.92 Å². The molecule has 0 saturated heterocycles. The summed E-state index contributed by atoms with van der Waals surface area (Å²) in [4.78, 5) is 10.8. The van der Waals surface area contributed by atoms with Gasteiger partial charge in [-0.2, -0.15) is 0 Å². The van der Waals surface area contributed by atoms with Crippen molar-refractivity contribution in [1.82, 2.24) is 0 Å². The fraction of sp³-hybridized carbons (Fsp3) is 0.300. The summed E-state index contributed by atoms with van der Waals surface area (Å²) in [6.45, 7) is 2.61. The van der Waals surface area contributed by atoms with Gasteiger partial charge in [-0.25, -0.2) is 4.79 Å². The third-order valence-corrected chi connectivity index (χ3v) is 1.95. The van der Waals surface area contributed by atoms with Crippen molar-refractivity contribution in [1.29, 1.82) is 0 Å². The van der Waals surface area contributed by atoms with E-state index in [4.69, 9.17) is 15.6 Å². The van der Waals surface area contributed by atoms with Gasteiger partial charge in [-0.3, -0.25) is 0 Å². The smallest absolute Gasteiger partial charge is 0.335 e. The molecule has 1 aromatic rings. The van der Waals surface area contributed by atoms with E-state index in [-0.39, 0.29) is 5.56 Å². The SMILES string of the molecule is CCNc1c(N)cc(C(=O)O)cc1OC. The zero-order valence-electron chi connectivity index (χ0n) is 8.70. The molecule has 0 spiro atoms. The van der Waals surface area contributed by atoms with Gasteiger partial charge in [0.05, 0.1) is 18.4 Å². The van der Waals surface area contributed by atoms with Crippen LogP contribution in [0.25, 0.3) is 0 Å². The highest BCUT2D eigenvalue weighted by atomic mass is 16.5. The molecule has 1 rings (SSSR count). The first-order valence-electron chi connectivity index (χ1n) is 4.54. The molecule has 0 saturated carbocycles. The van der Waals surface area contributed by atoms with Gasteiger partial charge in [0, 0.05) is 6.54 Å². The molecular weight excluding hydrogens is 196 g/mol. The average Bonchev–Trinajstić information content (AvgIpc) is 2.20. The van der Waals surface area contributed by atoms with Crippen LogP contribution in [-0.2, 0) is 0 Å². The zero-order chi connectivity index (χ0) is 11.4. The Kier molecular flexibility index (Phi) is 3.38. The number of nitrogens with two attached hydrogens (primary N) is 1. The van der Waals surface area contributed by atoms with E-state index in [2.05, 4.69) is 5.32 Å². The summed E-state index contributed by atoms with van der Waals surface area (Å²) >= 11 is 0. The van der Waals surface area contributed by atoms with Crippen LogP contribution in [0.5, 0.6) is 5.75 Å². The molecule has 0 atom stereocenters. The van der Waals surface area contributed by atoms with E-state index in [0.717, 1.165) is 0 Å². The van der Waals surface area contributed by atoms with E-state index in [1.165, 1.54) is 19.2 Å². The number of carboxylic acid groups (broad SMARTS) is 1. The Labute approximate surface area is 87.9 Å².